The fourth-order valence-corrected chi connectivity index (χ4v) is 3.24. The number of benzene rings is 1. The average molecular weight is 550 g/mol. The third-order valence-electron chi connectivity index (χ3n) is 3.13. The van der Waals surface area contributed by atoms with E-state index in [9.17, 15) is 4.79 Å². The quantitative estimate of drug-likeness (QED) is 0.238. The van der Waals surface area contributed by atoms with E-state index < -0.39 is 0 Å². The molecule has 0 aromatic heterocycles. The summed E-state index contributed by atoms with van der Waals surface area (Å²) < 4.78 is 6.38. The molecule has 1 heterocycles. The van der Waals surface area contributed by atoms with Crippen LogP contribution in [0.2, 0.25) is 0 Å². The Morgan fingerprint density at radius 2 is 2.32 bits per heavy atom. The molecule has 0 N–H and O–H groups in total. The van der Waals surface area contributed by atoms with Gasteiger partial charge in [-0.05, 0) is 19.1 Å². The number of amides is 1. The first-order valence-electron chi connectivity index (χ1n) is 6.68. The van der Waals surface area contributed by atoms with Crippen molar-refractivity contribution in [2.75, 3.05) is 13.2 Å². The van der Waals surface area contributed by atoms with Crippen molar-refractivity contribution in [2.45, 2.75) is 17.3 Å². The predicted molar refractivity (Wildman–Crippen MR) is 96.3 cm³/mol. The molecule has 22 heavy (non-hydrogen) atoms. The first-order chi connectivity index (χ1) is 10.1. The summed E-state index contributed by atoms with van der Waals surface area (Å²) in [7, 11) is 0. The number of hydrogen-bond donors (Lipinski definition) is 0. The average Bonchev–Trinajstić information content (AvgIpc) is 2.48. The number of ether oxygens (including phenoxy) is 1. The van der Waals surface area contributed by atoms with Crippen LogP contribution in [0, 0.1) is 6.08 Å². The number of carbonyl (C=O) groups excluding carboxylic acids is 1. The molecule has 0 saturated heterocycles. The topological polar surface area (TPSA) is 29.5 Å². The van der Waals surface area contributed by atoms with Gasteiger partial charge in [-0.1, -0.05) is 62.1 Å². The van der Waals surface area contributed by atoms with E-state index in [-0.39, 0.29) is 42.5 Å². The molecule has 2 rings (SSSR count). The Balaban J connectivity index is 0.00000242. The summed E-state index contributed by atoms with van der Waals surface area (Å²) in [6.45, 7) is 6.72. The van der Waals surface area contributed by atoms with Gasteiger partial charge >= 0.3 is 0 Å². The van der Waals surface area contributed by atoms with Gasteiger partial charge in [0.1, 0.15) is 12.4 Å². The predicted octanol–water partition coefficient (Wildman–Crippen LogP) is 4.21. The maximum atomic E-state index is 12.3. The van der Waals surface area contributed by atoms with Crippen LogP contribution in [0.15, 0.2) is 35.3 Å². The summed E-state index contributed by atoms with van der Waals surface area (Å²) in [6, 6.07) is 5.75. The molecular weight excluding hydrogens is 534 g/mol. The maximum absolute atomic E-state index is 12.3. The Bertz CT molecular complexity index is 592. The number of halogens is 2. The van der Waals surface area contributed by atoms with Crippen molar-refractivity contribution in [3.8, 4) is 5.75 Å². The Kier molecular flexibility index (Phi) is 8.82. The van der Waals surface area contributed by atoms with Gasteiger partial charge in [0.05, 0.1) is 3.92 Å². The molecule has 115 valence electrons. The van der Waals surface area contributed by atoms with Gasteiger partial charge in [0.2, 0.25) is 5.91 Å². The zero-order chi connectivity index (χ0) is 15.4. The van der Waals surface area contributed by atoms with Crippen molar-refractivity contribution in [1.82, 2.24) is 4.90 Å². The zero-order valence-corrected chi connectivity index (χ0v) is 18.9. The molecule has 1 unspecified atom stereocenters. The molecule has 1 radical (unpaired) electrons. The zero-order valence-electron chi connectivity index (χ0n) is 12.3. The van der Waals surface area contributed by atoms with Gasteiger partial charge in [0, 0.05) is 39.3 Å². The Labute approximate surface area is 178 Å². The van der Waals surface area contributed by atoms with E-state index in [2.05, 4.69) is 51.2 Å². The van der Waals surface area contributed by atoms with E-state index in [1.54, 1.807) is 11.0 Å². The fourth-order valence-electron chi connectivity index (χ4n) is 2.14. The van der Waals surface area contributed by atoms with Crippen molar-refractivity contribution in [1.29, 1.82) is 0 Å². The first-order valence-corrected chi connectivity index (χ1v) is 8.72. The molecule has 1 aromatic carbocycles. The Morgan fingerprint density at radius 1 is 1.59 bits per heavy atom. The molecule has 1 amide bonds. The van der Waals surface area contributed by atoms with Crippen LogP contribution >= 0.6 is 38.5 Å². The summed E-state index contributed by atoms with van der Waals surface area (Å²) in [5, 5.41) is 0. The van der Waals surface area contributed by atoms with Gasteiger partial charge < -0.3 is 9.64 Å². The van der Waals surface area contributed by atoms with Gasteiger partial charge in [0.25, 0.3) is 0 Å². The van der Waals surface area contributed by atoms with Crippen molar-refractivity contribution >= 4 is 50.1 Å². The number of allylic oxidation sites excluding steroid dienone is 1. The molecule has 0 saturated carbocycles. The molecule has 1 aromatic rings. The molecule has 3 nitrogen and oxygen atoms in total. The summed E-state index contributed by atoms with van der Waals surface area (Å²) in [5.74, 6) is 0.911. The molecule has 1 atom stereocenters. The van der Waals surface area contributed by atoms with E-state index in [0.29, 0.717) is 19.6 Å². The van der Waals surface area contributed by atoms with E-state index in [0.717, 1.165) is 21.5 Å². The van der Waals surface area contributed by atoms with Crippen LogP contribution in [0.25, 0.3) is 5.70 Å². The second-order valence-electron chi connectivity index (χ2n) is 4.52. The second-order valence-corrected chi connectivity index (χ2v) is 6.88. The van der Waals surface area contributed by atoms with Crippen molar-refractivity contribution < 1.29 is 42.2 Å². The van der Waals surface area contributed by atoms with E-state index in [4.69, 9.17) is 4.74 Å². The van der Waals surface area contributed by atoms with Gasteiger partial charge in [-0.25, -0.2) is 6.08 Å². The third-order valence-corrected chi connectivity index (χ3v) is 4.76. The molecule has 1 aliphatic heterocycles. The van der Waals surface area contributed by atoms with Crippen LogP contribution in [-0.4, -0.2) is 27.9 Å². The number of alkyl halides is 1. The molecule has 0 bridgehead atoms. The van der Waals surface area contributed by atoms with Gasteiger partial charge in [-0.2, -0.15) is 0 Å². The minimum absolute atomic E-state index is 0. The van der Waals surface area contributed by atoms with Crippen LogP contribution in [-0.2, 0) is 37.5 Å². The van der Waals surface area contributed by atoms with Crippen LogP contribution in [0.3, 0.4) is 0 Å². The Hall–Kier alpha value is 0.284. The number of rotatable bonds is 5. The van der Waals surface area contributed by atoms with Crippen LogP contribution < -0.4 is 4.74 Å². The molecule has 0 spiro atoms. The minimum atomic E-state index is -0.0275. The van der Waals surface area contributed by atoms with Gasteiger partial charge in [-0.15, -0.1) is 17.3 Å². The fraction of sp³-hybridized carbons (Fsp3) is 0.312. The standard InChI is InChI=1S/C16H16BrINO2.Y/c1-3-9-21-11-5-6-12(13(17)10-11)15-8-7-14(18)16(20)19(15)4-2;/h3,5-6,10,14H,1,4,7,9H2,2H3;/q-1;. The summed E-state index contributed by atoms with van der Waals surface area (Å²) in [4.78, 5) is 14.0. The minimum Gasteiger partial charge on any atom is -0.490 e. The number of nitrogens with zero attached hydrogens (tertiary/aromatic N) is 1. The summed E-state index contributed by atoms with van der Waals surface area (Å²) in [5.41, 5.74) is 1.80. The van der Waals surface area contributed by atoms with Crippen LogP contribution in [0.5, 0.6) is 5.75 Å². The largest absolute Gasteiger partial charge is 0.490 e. The van der Waals surface area contributed by atoms with Crippen LogP contribution in [0.4, 0.5) is 0 Å². The van der Waals surface area contributed by atoms with Crippen molar-refractivity contribution in [2.24, 2.45) is 0 Å². The van der Waals surface area contributed by atoms with Crippen molar-refractivity contribution in [3.05, 3.63) is 47.0 Å². The molecular formula is C16H16BrINO2Y-. The van der Waals surface area contributed by atoms with Crippen molar-refractivity contribution in [3.63, 3.8) is 0 Å². The number of hydrogen-bond acceptors (Lipinski definition) is 2. The second kappa shape index (κ2) is 9.55. The number of carbonyl (C=O) groups is 1. The molecule has 0 aliphatic carbocycles. The SMILES string of the molecule is C=CCOc1ccc(C2=[C-]CC(I)C(=O)N2CC)c(Br)c1.[Y]. The van der Waals surface area contributed by atoms with Crippen LogP contribution in [0.1, 0.15) is 18.9 Å². The van der Waals surface area contributed by atoms with Gasteiger partial charge in [0.15, 0.2) is 0 Å². The molecule has 1 aliphatic rings. The Morgan fingerprint density at radius 3 is 2.91 bits per heavy atom. The summed E-state index contributed by atoms with van der Waals surface area (Å²) >= 11 is 5.73. The smallest absolute Gasteiger partial charge is 0.235 e. The maximum Gasteiger partial charge on any atom is 0.235 e. The molecule has 6 heteroatoms. The van der Waals surface area contributed by atoms with Gasteiger partial charge in [-0.3, -0.25) is 4.79 Å². The monoisotopic (exact) mass is 549 g/mol. The first kappa shape index (κ1) is 20.3. The van der Waals surface area contributed by atoms with E-state index >= 15 is 0 Å². The normalized spacial score (nSPS) is 17.6. The summed E-state index contributed by atoms with van der Waals surface area (Å²) in [6.07, 6.45) is 5.70. The van der Waals surface area contributed by atoms with E-state index in [1.165, 1.54) is 0 Å². The van der Waals surface area contributed by atoms with E-state index in [1.807, 2.05) is 25.1 Å². The molecule has 0 fully saturated rings. The third kappa shape index (κ3) is 4.65.